The molecule has 7 rings (SSSR count). The molecular formula is C28H24N6O2. The van der Waals surface area contributed by atoms with Crippen molar-refractivity contribution in [1.29, 1.82) is 0 Å². The number of nitrogens with zero attached hydrogens (tertiary/aromatic N) is 4. The Morgan fingerprint density at radius 3 is 2.69 bits per heavy atom. The van der Waals surface area contributed by atoms with Crippen molar-refractivity contribution in [3.63, 3.8) is 0 Å². The molecule has 178 valence electrons. The Hall–Kier alpha value is -4.46. The highest BCUT2D eigenvalue weighted by Gasteiger charge is 2.18. The summed E-state index contributed by atoms with van der Waals surface area (Å²) >= 11 is 0. The number of aromatic amines is 2. The van der Waals surface area contributed by atoms with Crippen LogP contribution in [0.25, 0.3) is 55.7 Å². The molecule has 0 spiro atoms. The third kappa shape index (κ3) is 3.71. The van der Waals surface area contributed by atoms with E-state index in [1.165, 1.54) is 19.3 Å². The fraction of sp³-hybridized carbons (Fsp3) is 0.214. The maximum atomic E-state index is 6.23. The predicted molar refractivity (Wildman–Crippen MR) is 137 cm³/mol. The van der Waals surface area contributed by atoms with Crippen LogP contribution in [0.3, 0.4) is 0 Å². The van der Waals surface area contributed by atoms with E-state index in [0.29, 0.717) is 0 Å². The van der Waals surface area contributed by atoms with Crippen molar-refractivity contribution in [3.05, 3.63) is 67.6 Å². The molecule has 0 amide bonds. The van der Waals surface area contributed by atoms with Gasteiger partial charge in [-0.05, 0) is 56.0 Å². The van der Waals surface area contributed by atoms with Gasteiger partial charge in [-0.2, -0.15) is 5.10 Å². The zero-order chi connectivity index (χ0) is 23.9. The lowest BCUT2D eigenvalue weighted by Crippen LogP contribution is -2.19. The van der Waals surface area contributed by atoms with E-state index in [0.717, 1.165) is 74.3 Å². The van der Waals surface area contributed by atoms with E-state index in [1.54, 1.807) is 18.7 Å². The van der Waals surface area contributed by atoms with Gasteiger partial charge in [0.25, 0.3) is 0 Å². The Balaban J connectivity index is 1.26. The van der Waals surface area contributed by atoms with Crippen LogP contribution in [-0.2, 0) is 0 Å². The minimum absolute atomic E-state index is 0.273. The topological polar surface area (TPSA) is 106 Å². The lowest BCUT2D eigenvalue weighted by Gasteiger charge is -2.22. The van der Waals surface area contributed by atoms with Crippen molar-refractivity contribution < 1.29 is 9.15 Å². The van der Waals surface area contributed by atoms with Gasteiger partial charge in [-0.3, -0.25) is 15.1 Å². The monoisotopic (exact) mass is 476 g/mol. The first-order valence-electron chi connectivity index (χ1n) is 12.3. The normalized spacial score (nSPS) is 14.6. The first-order chi connectivity index (χ1) is 17.8. The summed E-state index contributed by atoms with van der Waals surface area (Å²) in [6.07, 6.45) is 16.9. The van der Waals surface area contributed by atoms with Gasteiger partial charge in [0, 0.05) is 34.5 Å². The molecule has 0 atom stereocenters. The summed E-state index contributed by atoms with van der Waals surface area (Å²) in [5.74, 6) is 0.795. The number of hydrogen-bond acceptors (Lipinski definition) is 6. The van der Waals surface area contributed by atoms with Crippen LogP contribution < -0.4 is 4.74 Å². The fourth-order valence-electron chi connectivity index (χ4n) is 5.07. The molecule has 1 aliphatic rings. The smallest absolute Gasteiger partial charge is 0.138 e. The van der Waals surface area contributed by atoms with Crippen LogP contribution in [0.1, 0.15) is 32.1 Å². The molecule has 1 fully saturated rings. The first-order valence-corrected chi connectivity index (χ1v) is 12.3. The highest BCUT2D eigenvalue weighted by Crippen LogP contribution is 2.34. The van der Waals surface area contributed by atoms with Gasteiger partial charge in [0.15, 0.2) is 0 Å². The lowest BCUT2D eigenvalue weighted by molar-refractivity contribution is 0.154. The molecule has 6 aromatic rings. The largest absolute Gasteiger partial charge is 0.489 e. The Kier molecular flexibility index (Phi) is 5.01. The Morgan fingerprint density at radius 2 is 1.81 bits per heavy atom. The number of nitrogens with one attached hydrogen (secondary N) is 2. The van der Waals surface area contributed by atoms with Gasteiger partial charge in [0.1, 0.15) is 17.0 Å². The third-order valence-electron chi connectivity index (χ3n) is 6.90. The number of fused-ring (bicyclic) bond motifs is 2. The van der Waals surface area contributed by atoms with E-state index in [1.807, 2.05) is 42.9 Å². The molecule has 8 heteroatoms. The maximum Gasteiger partial charge on any atom is 0.138 e. The fourth-order valence-corrected chi connectivity index (χ4v) is 5.07. The van der Waals surface area contributed by atoms with Crippen LogP contribution in [0.15, 0.2) is 72.1 Å². The molecule has 0 radical (unpaired) electrons. The molecule has 2 N–H and O–H groups in total. The Bertz CT molecular complexity index is 1660. The molecular weight excluding hydrogens is 452 g/mol. The average molecular weight is 477 g/mol. The van der Waals surface area contributed by atoms with Crippen molar-refractivity contribution in [2.75, 3.05) is 0 Å². The van der Waals surface area contributed by atoms with Gasteiger partial charge in [-0.15, -0.1) is 0 Å². The van der Waals surface area contributed by atoms with Crippen LogP contribution >= 0.6 is 0 Å². The second kappa shape index (κ2) is 8.64. The zero-order valence-corrected chi connectivity index (χ0v) is 19.6. The van der Waals surface area contributed by atoms with E-state index in [2.05, 4.69) is 31.2 Å². The number of aromatic nitrogens is 6. The number of ether oxygens (including phenoxy) is 1. The van der Waals surface area contributed by atoms with Crippen LogP contribution in [0.2, 0.25) is 0 Å². The van der Waals surface area contributed by atoms with Gasteiger partial charge in [-0.25, -0.2) is 4.98 Å². The van der Waals surface area contributed by atoms with E-state index < -0.39 is 0 Å². The summed E-state index contributed by atoms with van der Waals surface area (Å²) < 4.78 is 11.5. The van der Waals surface area contributed by atoms with Crippen LogP contribution in [0.5, 0.6) is 5.75 Å². The van der Waals surface area contributed by atoms with Crippen LogP contribution in [0, 0.1) is 0 Å². The summed E-state index contributed by atoms with van der Waals surface area (Å²) in [4.78, 5) is 17.3. The minimum atomic E-state index is 0.273. The average Bonchev–Trinajstić information content (AvgIpc) is 3.68. The highest BCUT2D eigenvalue weighted by atomic mass is 16.5. The van der Waals surface area contributed by atoms with Crippen molar-refractivity contribution in [2.24, 2.45) is 0 Å². The Labute approximate surface area is 206 Å². The molecule has 1 aliphatic carbocycles. The number of furan rings is 1. The van der Waals surface area contributed by atoms with Crippen LogP contribution in [-0.4, -0.2) is 36.2 Å². The number of rotatable bonds is 5. The quantitative estimate of drug-likeness (QED) is 0.293. The van der Waals surface area contributed by atoms with Gasteiger partial charge in [0.05, 0.1) is 53.4 Å². The first kappa shape index (κ1) is 20.9. The van der Waals surface area contributed by atoms with Gasteiger partial charge in [-0.1, -0.05) is 6.42 Å². The molecule has 0 aliphatic heterocycles. The molecule has 36 heavy (non-hydrogen) atoms. The molecule has 0 saturated heterocycles. The van der Waals surface area contributed by atoms with Crippen molar-refractivity contribution in [1.82, 2.24) is 30.1 Å². The van der Waals surface area contributed by atoms with Gasteiger partial charge < -0.3 is 14.1 Å². The summed E-state index contributed by atoms with van der Waals surface area (Å²) in [7, 11) is 0. The van der Waals surface area contributed by atoms with Crippen molar-refractivity contribution in [2.45, 2.75) is 38.2 Å². The lowest BCUT2D eigenvalue weighted by atomic mass is 9.98. The standard InChI is InChI=1S/C28H24N6O2/c1-2-4-19(5-3-1)36-20-10-18(12-29-13-20)23-6-7-24-27(32-23)28(34-33-24)25-11-21-22(17-8-9-35-16-17)14-30-15-26(21)31-25/h6-16,19,31H,1-5H2,(H,33,34). The van der Waals surface area contributed by atoms with Gasteiger partial charge in [0.2, 0.25) is 0 Å². The van der Waals surface area contributed by atoms with Crippen molar-refractivity contribution in [3.8, 4) is 39.5 Å². The van der Waals surface area contributed by atoms with E-state index >= 15 is 0 Å². The summed E-state index contributed by atoms with van der Waals surface area (Å²) in [5, 5.41) is 8.75. The summed E-state index contributed by atoms with van der Waals surface area (Å²) in [6.45, 7) is 0. The number of hydrogen-bond donors (Lipinski definition) is 2. The second-order valence-corrected chi connectivity index (χ2v) is 9.30. The van der Waals surface area contributed by atoms with Crippen molar-refractivity contribution >= 4 is 21.9 Å². The van der Waals surface area contributed by atoms with E-state index in [-0.39, 0.29) is 6.10 Å². The summed E-state index contributed by atoms with van der Waals surface area (Å²) in [5.41, 5.74) is 7.91. The zero-order valence-electron chi connectivity index (χ0n) is 19.6. The summed E-state index contributed by atoms with van der Waals surface area (Å²) in [6, 6.07) is 10.0. The van der Waals surface area contributed by atoms with Gasteiger partial charge >= 0.3 is 0 Å². The van der Waals surface area contributed by atoms with E-state index in [4.69, 9.17) is 14.1 Å². The SMILES string of the molecule is c1cc(-c2cncc3[nH]c(-c4n[nH]c5ccc(-c6cncc(OC7CCCCC7)c6)nc45)cc23)co1. The maximum absolute atomic E-state index is 6.23. The molecule has 6 aromatic heterocycles. The molecule has 1 saturated carbocycles. The molecule has 8 nitrogen and oxygen atoms in total. The third-order valence-corrected chi connectivity index (χ3v) is 6.90. The molecule has 6 heterocycles. The molecule has 0 aromatic carbocycles. The Morgan fingerprint density at radius 1 is 0.889 bits per heavy atom. The molecule has 0 unspecified atom stereocenters. The minimum Gasteiger partial charge on any atom is -0.489 e. The predicted octanol–water partition coefficient (Wildman–Crippen LogP) is 6.53. The highest BCUT2D eigenvalue weighted by molar-refractivity contribution is 5.99. The van der Waals surface area contributed by atoms with E-state index in [9.17, 15) is 0 Å². The van der Waals surface area contributed by atoms with Crippen LogP contribution in [0.4, 0.5) is 0 Å². The second-order valence-electron chi connectivity index (χ2n) is 9.30. The molecule has 0 bridgehead atoms. The number of H-pyrrole nitrogens is 2. The number of pyridine rings is 3.